The molecule has 1 saturated heterocycles. The molecule has 1 atom stereocenters. The number of carbonyl (C=O) groups excluding carboxylic acids is 1. The number of esters is 1. The predicted octanol–water partition coefficient (Wildman–Crippen LogP) is -0.266. The van der Waals surface area contributed by atoms with Gasteiger partial charge in [0.15, 0.2) is 0 Å². The fourth-order valence-electron chi connectivity index (χ4n) is 1.36. The summed E-state index contributed by atoms with van der Waals surface area (Å²) in [5.41, 5.74) is 0. The molecule has 0 bridgehead atoms. The maximum absolute atomic E-state index is 11.2. The van der Waals surface area contributed by atoms with E-state index >= 15 is 0 Å². The van der Waals surface area contributed by atoms with Crippen LogP contribution in [-0.4, -0.2) is 51.6 Å². The molecule has 1 fully saturated rings. The van der Waals surface area contributed by atoms with Gasteiger partial charge in [0, 0.05) is 17.2 Å². The van der Waals surface area contributed by atoms with Gasteiger partial charge in [0.25, 0.3) is 9.24 Å². The van der Waals surface area contributed by atoms with Crippen LogP contribution in [0.5, 0.6) is 0 Å². The maximum atomic E-state index is 11.2. The average molecular weight is 258 g/mol. The summed E-state index contributed by atoms with van der Waals surface area (Å²) in [7, 11) is 2.65. The fourth-order valence-corrected chi connectivity index (χ4v) is 2.69. The number of carbonyl (C=O) groups is 1. The highest BCUT2D eigenvalue weighted by Crippen LogP contribution is 2.18. The molecule has 0 aromatic rings. The van der Waals surface area contributed by atoms with Crippen molar-refractivity contribution >= 4 is 25.9 Å². The fraction of sp³-hybridized carbons (Fsp3) is 0.857. The van der Waals surface area contributed by atoms with Crippen molar-refractivity contribution in [3.05, 3.63) is 0 Å². The van der Waals surface area contributed by atoms with Gasteiger partial charge in [0.2, 0.25) is 0 Å². The Morgan fingerprint density at radius 2 is 2.33 bits per heavy atom. The Morgan fingerprint density at radius 1 is 1.67 bits per heavy atom. The van der Waals surface area contributed by atoms with Crippen molar-refractivity contribution in [3.63, 3.8) is 0 Å². The SMILES string of the molecule is COC(=O)CC1COCCN1S(=O)(=O)Cl. The standard InChI is InChI=1S/C7H12ClNO5S/c1-13-7(10)4-6-5-14-3-2-9(6)15(8,11)12/h6H,2-5H2,1H3. The normalized spacial score (nSPS) is 23.7. The van der Waals surface area contributed by atoms with Crippen molar-refractivity contribution in [2.24, 2.45) is 0 Å². The van der Waals surface area contributed by atoms with Gasteiger partial charge in [-0.1, -0.05) is 0 Å². The lowest BCUT2D eigenvalue weighted by Gasteiger charge is -2.31. The smallest absolute Gasteiger partial charge is 0.307 e. The topological polar surface area (TPSA) is 72.9 Å². The van der Waals surface area contributed by atoms with Crippen molar-refractivity contribution in [3.8, 4) is 0 Å². The molecule has 15 heavy (non-hydrogen) atoms. The Labute approximate surface area is 92.6 Å². The monoisotopic (exact) mass is 257 g/mol. The molecule has 0 radical (unpaired) electrons. The molecule has 8 heteroatoms. The molecule has 0 aromatic carbocycles. The van der Waals surface area contributed by atoms with E-state index in [1.807, 2.05) is 0 Å². The minimum absolute atomic E-state index is 0.0531. The first-order chi connectivity index (χ1) is 6.95. The number of halogens is 1. The molecule has 1 aliphatic heterocycles. The summed E-state index contributed by atoms with van der Waals surface area (Å²) in [6, 6.07) is -0.575. The number of nitrogens with zero attached hydrogens (tertiary/aromatic N) is 1. The first kappa shape index (κ1) is 12.7. The Balaban J connectivity index is 2.70. The molecule has 1 unspecified atom stereocenters. The van der Waals surface area contributed by atoms with Crippen LogP contribution in [0.25, 0.3) is 0 Å². The highest BCUT2D eigenvalue weighted by Gasteiger charge is 2.33. The zero-order valence-electron chi connectivity index (χ0n) is 8.18. The van der Waals surface area contributed by atoms with Crippen molar-refractivity contribution < 1.29 is 22.7 Å². The minimum Gasteiger partial charge on any atom is -0.469 e. The van der Waals surface area contributed by atoms with Gasteiger partial charge in [0.1, 0.15) is 0 Å². The van der Waals surface area contributed by atoms with Gasteiger partial charge in [-0.05, 0) is 0 Å². The molecular weight excluding hydrogens is 246 g/mol. The molecule has 1 aliphatic rings. The number of hydrogen-bond acceptors (Lipinski definition) is 5. The summed E-state index contributed by atoms with van der Waals surface area (Å²) in [6.45, 7) is 0.595. The van der Waals surface area contributed by atoms with Crippen LogP contribution in [0.15, 0.2) is 0 Å². The lowest BCUT2D eigenvalue weighted by atomic mass is 10.2. The van der Waals surface area contributed by atoms with Crippen molar-refractivity contribution in [1.82, 2.24) is 4.31 Å². The molecule has 6 nitrogen and oxygen atoms in total. The van der Waals surface area contributed by atoms with E-state index in [0.29, 0.717) is 0 Å². The Morgan fingerprint density at radius 3 is 2.87 bits per heavy atom. The van der Waals surface area contributed by atoms with E-state index in [9.17, 15) is 13.2 Å². The highest BCUT2D eigenvalue weighted by atomic mass is 35.7. The van der Waals surface area contributed by atoms with Gasteiger partial charge in [0.05, 0.1) is 32.8 Å². The summed E-state index contributed by atoms with van der Waals surface area (Å²) < 4.78 is 32.9. The molecule has 88 valence electrons. The molecule has 0 saturated carbocycles. The number of hydrogen-bond donors (Lipinski definition) is 0. The zero-order chi connectivity index (χ0) is 11.5. The maximum Gasteiger partial charge on any atom is 0.307 e. The van der Waals surface area contributed by atoms with Crippen LogP contribution < -0.4 is 0 Å². The van der Waals surface area contributed by atoms with Gasteiger partial charge in [-0.2, -0.15) is 12.7 Å². The summed E-state index contributed by atoms with van der Waals surface area (Å²) in [5, 5.41) is 0. The first-order valence-corrected chi connectivity index (χ1v) is 6.57. The number of methoxy groups -OCH3 is 1. The second kappa shape index (κ2) is 5.11. The van der Waals surface area contributed by atoms with Crippen molar-refractivity contribution in [1.29, 1.82) is 0 Å². The van der Waals surface area contributed by atoms with Crippen LogP contribution in [0, 0.1) is 0 Å². The first-order valence-electron chi connectivity index (χ1n) is 4.31. The summed E-state index contributed by atoms with van der Waals surface area (Å²) in [4.78, 5) is 11.0. The van der Waals surface area contributed by atoms with Crippen LogP contribution >= 0.6 is 10.7 Å². The van der Waals surface area contributed by atoms with Crippen LogP contribution in [0.2, 0.25) is 0 Å². The molecule has 0 aromatic heterocycles. The van der Waals surface area contributed by atoms with Gasteiger partial charge in [-0.25, -0.2) is 0 Å². The minimum atomic E-state index is -3.81. The van der Waals surface area contributed by atoms with Crippen molar-refractivity contribution in [2.75, 3.05) is 26.9 Å². The lowest BCUT2D eigenvalue weighted by Crippen LogP contribution is -2.47. The second-order valence-corrected chi connectivity index (χ2v) is 5.52. The second-order valence-electron chi connectivity index (χ2n) is 3.06. The third kappa shape index (κ3) is 3.60. The zero-order valence-corrected chi connectivity index (χ0v) is 9.75. The van der Waals surface area contributed by atoms with E-state index in [-0.39, 0.29) is 26.2 Å². The Bertz CT molecular complexity index is 330. The Hall–Kier alpha value is -0.370. The van der Waals surface area contributed by atoms with Crippen LogP contribution in [0.1, 0.15) is 6.42 Å². The van der Waals surface area contributed by atoms with E-state index in [1.54, 1.807) is 0 Å². The molecule has 0 aliphatic carbocycles. The van der Waals surface area contributed by atoms with Crippen LogP contribution in [0.3, 0.4) is 0 Å². The molecular formula is C7H12ClNO5S. The molecule has 0 spiro atoms. The van der Waals surface area contributed by atoms with E-state index in [4.69, 9.17) is 15.4 Å². The quantitative estimate of drug-likeness (QED) is 0.514. The highest BCUT2D eigenvalue weighted by molar-refractivity contribution is 8.11. The summed E-state index contributed by atoms with van der Waals surface area (Å²) in [5.74, 6) is -0.490. The van der Waals surface area contributed by atoms with Gasteiger partial charge in [-0.3, -0.25) is 4.79 Å². The lowest BCUT2D eigenvalue weighted by molar-refractivity contribution is -0.142. The van der Waals surface area contributed by atoms with Gasteiger partial charge >= 0.3 is 5.97 Å². The molecule has 1 heterocycles. The Kier molecular flexibility index (Phi) is 4.32. The summed E-state index contributed by atoms with van der Waals surface area (Å²) in [6.07, 6.45) is -0.0531. The summed E-state index contributed by atoms with van der Waals surface area (Å²) >= 11 is 0. The third-order valence-corrected chi connectivity index (χ3v) is 3.66. The van der Waals surface area contributed by atoms with E-state index in [0.717, 1.165) is 4.31 Å². The predicted molar refractivity (Wildman–Crippen MR) is 52.7 cm³/mol. The van der Waals surface area contributed by atoms with Crippen molar-refractivity contribution in [2.45, 2.75) is 12.5 Å². The van der Waals surface area contributed by atoms with Crippen LogP contribution in [-0.2, 0) is 23.5 Å². The largest absolute Gasteiger partial charge is 0.469 e. The number of ether oxygens (including phenoxy) is 2. The van der Waals surface area contributed by atoms with E-state index in [1.165, 1.54) is 7.11 Å². The van der Waals surface area contributed by atoms with Gasteiger partial charge in [-0.15, -0.1) is 0 Å². The molecule has 1 rings (SSSR count). The average Bonchev–Trinajstić information content (AvgIpc) is 2.17. The van der Waals surface area contributed by atoms with Crippen LogP contribution in [0.4, 0.5) is 0 Å². The van der Waals surface area contributed by atoms with E-state index in [2.05, 4.69) is 4.74 Å². The number of rotatable bonds is 3. The van der Waals surface area contributed by atoms with Gasteiger partial charge < -0.3 is 9.47 Å². The molecule has 0 N–H and O–H groups in total. The third-order valence-electron chi connectivity index (χ3n) is 2.08. The van der Waals surface area contributed by atoms with E-state index < -0.39 is 21.2 Å². The molecule has 0 amide bonds. The number of morpholine rings is 1.